The van der Waals surface area contributed by atoms with Crippen molar-refractivity contribution in [2.45, 2.75) is 19.4 Å². The smallest absolute Gasteiger partial charge is 0.220 e. The van der Waals surface area contributed by atoms with Gasteiger partial charge in [-0.2, -0.15) is 0 Å². The summed E-state index contributed by atoms with van der Waals surface area (Å²) in [6.07, 6.45) is 4.19. The molecule has 152 valence electrons. The molecule has 5 nitrogen and oxygen atoms in total. The maximum Gasteiger partial charge on any atom is 0.220 e. The van der Waals surface area contributed by atoms with Crippen molar-refractivity contribution in [3.05, 3.63) is 83.9 Å². The summed E-state index contributed by atoms with van der Waals surface area (Å²) in [5.41, 5.74) is 4.61. The van der Waals surface area contributed by atoms with E-state index < -0.39 is 0 Å². The third-order valence-electron chi connectivity index (χ3n) is 5.09. The van der Waals surface area contributed by atoms with Gasteiger partial charge < -0.3 is 15.0 Å². The highest BCUT2D eigenvalue weighted by atomic mass is 19.1. The molecule has 0 bridgehead atoms. The molecule has 2 N–H and O–H groups in total. The zero-order valence-corrected chi connectivity index (χ0v) is 16.6. The van der Waals surface area contributed by atoms with E-state index in [1.807, 2.05) is 36.4 Å². The van der Waals surface area contributed by atoms with E-state index in [4.69, 9.17) is 4.74 Å². The van der Waals surface area contributed by atoms with Gasteiger partial charge in [-0.3, -0.25) is 9.78 Å². The van der Waals surface area contributed by atoms with Gasteiger partial charge in [0, 0.05) is 42.0 Å². The number of halogens is 1. The first-order valence-corrected chi connectivity index (χ1v) is 9.74. The number of amides is 1. The van der Waals surface area contributed by atoms with Crippen molar-refractivity contribution in [2.24, 2.45) is 0 Å². The number of H-pyrrole nitrogens is 1. The van der Waals surface area contributed by atoms with Crippen LogP contribution in [0.15, 0.2) is 67.0 Å². The lowest BCUT2D eigenvalue weighted by atomic mass is 10.0. The van der Waals surface area contributed by atoms with Crippen LogP contribution in [0.5, 0.6) is 5.75 Å². The lowest BCUT2D eigenvalue weighted by molar-refractivity contribution is -0.121. The number of pyridine rings is 1. The summed E-state index contributed by atoms with van der Waals surface area (Å²) in [4.78, 5) is 19.8. The first-order valence-electron chi connectivity index (χ1n) is 9.74. The summed E-state index contributed by atoms with van der Waals surface area (Å²) in [6.45, 7) is 0.454. The number of rotatable bonds is 7. The first-order chi connectivity index (χ1) is 14.6. The Bertz CT molecular complexity index is 1150. The van der Waals surface area contributed by atoms with E-state index in [1.54, 1.807) is 25.6 Å². The van der Waals surface area contributed by atoms with E-state index in [9.17, 15) is 9.18 Å². The normalized spacial score (nSPS) is 10.9. The number of methoxy groups -OCH3 is 1. The molecule has 1 amide bonds. The Hall–Kier alpha value is -3.67. The lowest BCUT2D eigenvalue weighted by Crippen LogP contribution is -2.23. The molecule has 2 aromatic heterocycles. The fourth-order valence-corrected chi connectivity index (χ4v) is 3.51. The van der Waals surface area contributed by atoms with Crippen LogP contribution >= 0.6 is 0 Å². The van der Waals surface area contributed by atoms with Crippen molar-refractivity contribution in [1.82, 2.24) is 15.3 Å². The molecule has 0 spiro atoms. The van der Waals surface area contributed by atoms with Gasteiger partial charge in [0.1, 0.15) is 11.6 Å². The fourth-order valence-electron chi connectivity index (χ4n) is 3.51. The standard InChI is InChI=1S/C24H22FN3O2/c1-30-19-5-2-17(3-6-19)24-20(21-14-18(25)4-8-22(21)28-24)7-9-23(29)27-15-16-10-12-26-13-11-16/h2-6,8,10-14,28H,7,9,15H2,1H3,(H,27,29). The summed E-state index contributed by atoms with van der Waals surface area (Å²) < 4.78 is 19.2. The molecule has 0 saturated heterocycles. The highest BCUT2D eigenvalue weighted by Crippen LogP contribution is 2.32. The molecule has 0 aliphatic rings. The summed E-state index contributed by atoms with van der Waals surface area (Å²) >= 11 is 0. The number of aromatic nitrogens is 2. The highest BCUT2D eigenvalue weighted by molar-refractivity contribution is 5.91. The second-order valence-corrected chi connectivity index (χ2v) is 7.03. The van der Waals surface area contributed by atoms with Crippen molar-refractivity contribution in [3.63, 3.8) is 0 Å². The van der Waals surface area contributed by atoms with Crippen LogP contribution in [0.3, 0.4) is 0 Å². The number of nitrogens with zero attached hydrogens (tertiary/aromatic N) is 1. The molecule has 2 heterocycles. The Morgan fingerprint density at radius 3 is 2.60 bits per heavy atom. The summed E-state index contributed by atoms with van der Waals surface area (Å²) in [5.74, 6) is 0.405. The highest BCUT2D eigenvalue weighted by Gasteiger charge is 2.15. The molecule has 0 unspecified atom stereocenters. The molecule has 0 aliphatic heterocycles. The number of ether oxygens (including phenoxy) is 1. The van der Waals surface area contributed by atoms with Gasteiger partial charge in [0.2, 0.25) is 5.91 Å². The van der Waals surface area contributed by atoms with Gasteiger partial charge >= 0.3 is 0 Å². The molecule has 2 aromatic carbocycles. The molecule has 0 fully saturated rings. The van der Waals surface area contributed by atoms with Crippen LogP contribution < -0.4 is 10.1 Å². The van der Waals surface area contributed by atoms with Crippen molar-refractivity contribution < 1.29 is 13.9 Å². The predicted molar refractivity (Wildman–Crippen MR) is 115 cm³/mol. The zero-order valence-electron chi connectivity index (χ0n) is 16.6. The summed E-state index contributed by atoms with van der Waals surface area (Å²) in [6, 6.07) is 16.1. The van der Waals surface area contributed by atoms with Crippen LogP contribution in [0.4, 0.5) is 4.39 Å². The Labute approximate surface area is 173 Å². The molecule has 6 heteroatoms. The third-order valence-corrected chi connectivity index (χ3v) is 5.09. The number of nitrogens with one attached hydrogen (secondary N) is 2. The Balaban J connectivity index is 1.56. The van der Waals surface area contributed by atoms with Crippen molar-refractivity contribution in [3.8, 4) is 17.0 Å². The SMILES string of the molecule is COc1ccc(-c2[nH]c3ccc(F)cc3c2CCC(=O)NCc2ccncc2)cc1. The maximum absolute atomic E-state index is 13.9. The number of hydrogen-bond donors (Lipinski definition) is 2. The average Bonchev–Trinajstić information content (AvgIpc) is 3.14. The van der Waals surface area contributed by atoms with E-state index in [2.05, 4.69) is 15.3 Å². The van der Waals surface area contributed by atoms with Gasteiger partial charge in [0.05, 0.1) is 7.11 Å². The molecular weight excluding hydrogens is 381 g/mol. The van der Waals surface area contributed by atoms with Crippen LogP contribution in [0.25, 0.3) is 22.2 Å². The monoisotopic (exact) mass is 403 g/mol. The van der Waals surface area contributed by atoms with Crippen LogP contribution in [0.2, 0.25) is 0 Å². The van der Waals surface area contributed by atoms with Gasteiger partial charge in [-0.15, -0.1) is 0 Å². The number of carbonyl (C=O) groups is 1. The minimum atomic E-state index is -0.300. The van der Waals surface area contributed by atoms with Crippen molar-refractivity contribution in [1.29, 1.82) is 0 Å². The number of benzene rings is 2. The lowest BCUT2D eigenvalue weighted by Gasteiger charge is -2.08. The van der Waals surface area contributed by atoms with Crippen LogP contribution in [0.1, 0.15) is 17.5 Å². The van der Waals surface area contributed by atoms with E-state index in [0.29, 0.717) is 19.4 Å². The fraction of sp³-hybridized carbons (Fsp3) is 0.167. The largest absolute Gasteiger partial charge is 0.497 e. The quantitative estimate of drug-likeness (QED) is 0.473. The molecule has 0 radical (unpaired) electrons. The molecule has 0 saturated carbocycles. The second kappa shape index (κ2) is 8.78. The van der Waals surface area contributed by atoms with E-state index in [-0.39, 0.29) is 11.7 Å². The molecule has 0 atom stereocenters. The van der Waals surface area contributed by atoms with Crippen LogP contribution in [0, 0.1) is 5.82 Å². The summed E-state index contributed by atoms with van der Waals surface area (Å²) in [5, 5.41) is 3.72. The third kappa shape index (κ3) is 4.33. The van der Waals surface area contributed by atoms with E-state index in [0.717, 1.165) is 39.0 Å². The average molecular weight is 403 g/mol. The Morgan fingerprint density at radius 2 is 1.87 bits per heavy atom. The van der Waals surface area contributed by atoms with Gasteiger partial charge in [-0.05, 0) is 77.7 Å². The number of carbonyl (C=O) groups excluding carboxylic acids is 1. The van der Waals surface area contributed by atoms with E-state index >= 15 is 0 Å². The van der Waals surface area contributed by atoms with Gasteiger partial charge in [-0.25, -0.2) is 4.39 Å². The molecule has 30 heavy (non-hydrogen) atoms. The second-order valence-electron chi connectivity index (χ2n) is 7.03. The minimum absolute atomic E-state index is 0.0572. The summed E-state index contributed by atoms with van der Waals surface area (Å²) in [7, 11) is 1.62. The maximum atomic E-state index is 13.9. The first kappa shape index (κ1) is 19.6. The number of hydrogen-bond acceptors (Lipinski definition) is 3. The Kier molecular flexibility index (Phi) is 5.75. The molecule has 0 aliphatic carbocycles. The van der Waals surface area contributed by atoms with Crippen molar-refractivity contribution in [2.75, 3.05) is 7.11 Å². The molecular formula is C24H22FN3O2. The number of aromatic amines is 1. The zero-order chi connectivity index (χ0) is 20.9. The van der Waals surface area contributed by atoms with Gasteiger partial charge in [-0.1, -0.05) is 0 Å². The number of fused-ring (bicyclic) bond motifs is 1. The van der Waals surface area contributed by atoms with Gasteiger partial charge in [0.25, 0.3) is 0 Å². The van der Waals surface area contributed by atoms with Gasteiger partial charge in [0.15, 0.2) is 0 Å². The molecule has 4 aromatic rings. The van der Waals surface area contributed by atoms with E-state index in [1.165, 1.54) is 12.1 Å². The topological polar surface area (TPSA) is 67.0 Å². The van der Waals surface area contributed by atoms with Crippen LogP contribution in [-0.4, -0.2) is 23.0 Å². The predicted octanol–water partition coefficient (Wildman–Crippen LogP) is 4.63. The van der Waals surface area contributed by atoms with Crippen LogP contribution in [-0.2, 0) is 17.8 Å². The molecule has 4 rings (SSSR count). The minimum Gasteiger partial charge on any atom is -0.497 e. The number of aryl methyl sites for hydroxylation is 1. The van der Waals surface area contributed by atoms with Crippen molar-refractivity contribution >= 4 is 16.8 Å². The Morgan fingerprint density at radius 1 is 1.10 bits per heavy atom.